The monoisotopic (exact) mass is 273 g/mol. The van der Waals surface area contributed by atoms with Gasteiger partial charge >= 0.3 is 0 Å². The van der Waals surface area contributed by atoms with Gasteiger partial charge in [0.15, 0.2) is 0 Å². The number of unbranched alkanes of at least 4 members (excludes halogenated alkanes) is 1. The Kier molecular flexibility index (Phi) is 6.59. The summed E-state index contributed by atoms with van der Waals surface area (Å²) >= 11 is 0. The summed E-state index contributed by atoms with van der Waals surface area (Å²) in [6.07, 6.45) is 10.7. The van der Waals surface area contributed by atoms with E-state index in [4.69, 9.17) is 0 Å². The molecule has 1 aromatic carbocycles. The van der Waals surface area contributed by atoms with Crippen LogP contribution >= 0.6 is 0 Å². The maximum Gasteiger partial charge on any atom is 0.0348 e. The van der Waals surface area contributed by atoms with E-state index in [9.17, 15) is 0 Å². The van der Waals surface area contributed by atoms with Crippen molar-refractivity contribution in [2.24, 2.45) is 5.92 Å². The molecule has 1 aromatic rings. The van der Waals surface area contributed by atoms with Crippen LogP contribution in [0.2, 0.25) is 0 Å². The zero-order chi connectivity index (χ0) is 14.2. The van der Waals surface area contributed by atoms with Gasteiger partial charge in [0.25, 0.3) is 0 Å². The second-order valence-electron chi connectivity index (χ2n) is 6.32. The van der Waals surface area contributed by atoms with Gasteiger partial charge in [-0.15, -0.1) is 0 Å². The summed E-state index contributed by atoms with van der Waals surface area (Å²) < 4.78 is 0. The van der Waals surface area contributed by atoms with Crippen LogP contribution in [0.15, 0.2) is 24.3 Å². The molecule has 0 heterocycles. The molecule has 112 valence electrons. The van der Waals surface area contributed by atoms with E-state index in [1.165, 1.54) is 62.5 Å². The van der Waals surface area contributed by atoms with E-state index in [0.717, 1.165) is 12.5 Å². The van der Waals surface area contributed by atoms with Gasteiger partial charge in [0.2, 0.25) is 0 Å². The molecule has 1 aliphatic rings. The van der Waals surface area contributed by atoms with Crippen LogP contribution in [0.25, 0.3) is 0 Å². The van der Waals surface area contributed by atoms with Crippen molar-refractivity contribution in [3.8, 4) is 0 Å². The van der Waals surface area contributed by atoms with Gasteiger partial charge in [0, 0.05) is 6.04 Å². The van der Waals surface area contributed by atoms with Gasteiger partial charge in [-0.05, 0) is 55.7 Å². The quantitative estimate of drug-likeness (QED) is 0.681. The van der Waals surface area contributed by atoms with E-state index in [-0.39, 0.29) is 0 Å². The second kappa shape index (κ2) is 8.46. The summed E-state index contributed by atoms with van der Waals surface area (Å²) in [6, 6.07) is 10.0. The molecule has 1 fully saturated rings. The largest absolute Gasteiger partial charge is 0.310 e. The van der Waals surface area contributed by atoms with Crippen LogP contribution in [0.5, 0.6) is 0 Å². The highest BCUT2D eigenvalue weighted by Crippen LogP contribution is 2.35. The average Bonchev–Trinajstić information content (AvgIpc) is 3.01. The zero-order valence-corrected chi connectivity index (χ0v) is 13.3. The molecule has 1 atom stereocenters. The Bertz CT molecular complexity index is 362. The second-order valence-corrected chi connectivity index (χ2v) is 6.32. The molecule has 0 aromatic heterocycles. The Morgan fingerprint density at radius 2 is 1.75 bits per heavy atom. The first-order valence-corrected chi connectivity index (χ1v) is 8.67. The molecule has 2 rings (SSSR count). The molecule has 0 bridgehead atoms. The predicted molar refractivity (Wildman–Crippen MR) is 88.0 cm³/mol. The van der Waals surface area contributed by atoms with Crippen molar-refractivity contribution >= 4 is 0 Å². The highest BCUT2D eigenvalue weighted by molar-refractivity contribution is 5.26. The van der Waals surface area contributed by atoms with Gasteiger partial charge in [0.05, 0.1) is 0 Å². The van der Waals surface area contributed by atoms with Crippen LogP contribution in [-0.4, -0.2) is 6.54 Å². The summed E-state index contributed by atoms with van der Waals surface area (Å²) in [5.74, 6) is 0.850. The van der Waals surface area contributed by atoms with Crippen molar-refractivity contribution in [3.63, 3.8) is 0 Å². The zero-order valence-electron chi connectivity index (χ0n) is 13.3. The Morgan fingerprint density at radius 3 is 2.35 bits per heavy atom. The third kappa shape index (κ3) is 4.34. The molecule has 1 aliphatic carbocycles. The molecule has 1 saturated carbocycles. The molecular formula is C19H31N. The van der Waals surface area contributed by atoms with Crippen LogP contribution in [-0.2, 0) is 6.42 Å². The van der Waals surface area contributed by atoms with E-state index in [1.807, 2.05) is 0 Å². The van der Waals surface area contributed by atoms with Gasteiger partial charge < -0.3 is 5.32 Å². The number of benzene rings is 1. The Hall–Kier alpha value is -0.820. The van der Waals surface area contributed by atoms with Gasteiger partial charge in [-0.3, -0.25) is 0 Å². The third-order valence-electron chi connectivity index (χ3n) is 4.64. The Balaban J connectivity index is 2.03. The molecular weight excluding hydrogens is 242 g/mol. The summed E-state index contributed by atoms with van der Waals surface area (Å²) in [4.78, 5) is 0. The van der Waals surface area contributed by atoms with Gasteiger partial charge in [0.1, 0.15) is 0 Å². The topological polar surface area (TPSA) is 12.0 Å². The number of aryl methyl sites for hydroxylation is 1. The maximum atomic E-state index is 3.79. The standard InChI is InChI=1S/C19H31N/c1-3-5-8-16-11-13-18(14-12-16)19(20-15-4-2)17-9-6-7-10-17/h11-14,17,19-20H,3-10,15H2,1-2H3. The van der Waals surface area contributed by atoms with Crippen molar-refractivity contribution < 1.29 is 0 Å². The summed E-state index contributed by atoms with van der Waals surface area (Å²) in [6.45, 7) is 5.66. The van der Waals surface area contributed by atoms with Crippen molar-refractivity contribution in [1.82, 2.24) is 5.32 Å². The number of hydrogen-bond donors (Lipinski definition) is 1. The maximum absolute atomic E-state index is 3.79. The van der Waals surface area contributed by atoms with Crippen LogP contribution in [0.4, 0.5) is 0 Å². The van der Waals surface area contributed by atoms with E-state index >= 15 is 0 Å². The van der Waals surface area contributed by atoms with E-state index < -0.39 is 0 Å². The molecule has 0 spiro atoms. The average molecular weight is 273 g/mol. The fourth-order valence-electron chi connectivity index (χ4n) is 3.42. The van der Waals surface area contributed by atoms with Crippen LogP contribution in [0.3, 0.4) is 0 Å². The van der Waals surface area contributed by atoms with Gasteiger partial charge in [-0.1, -0.05) is 57.4 Å². The Labute approximate surface area is 125 Å². The molecule has 1 heteroatoms. The highest BCUT2D eigenvalue weighted by atomic mass is 14.9. The molecule has 0 saturated heterocycles. The molecule has 0 radical (unpaired) electrons. The molecule has 20 heavy (non-hydrogen) atoms. The molecule has 1 unspecified atom stereocenters. The lowest BCUT2D eigenvalue weighted by molar-refractivity contribution is 0.368. The summed E-state index contributed by atoms with van der Waals surface area (Å²) in [5, 5.41) is 3.79. The first kappa shape index (κ1) is 15.6. The van der Waals surface area contributed by atoms with E-state index in [1.54, 1.807) is 0 Å². The van der Waals surface area contributed by atoms with Crippen molar-refractivity contribution in [2.75, 3.05) is 6.54 Å². The fourth-order valence-corrected chi connectivity index (χ4v) is 3.42. The Morgan fingerprint density at radius 1 is 1.05 bits per heavy atom. The summed E-state index contributed by atoms with van der Waals surface area (Å²) in [5.41, 5.74) is 3.00. The molecule has 0 amide bonds. The lowest BCUT2D eigenvalue weighted by atomic mass is 9.90. The number of nitrogens with one attached hydrogen (secondary N) is 1. The van der Waals surface area contributed by atoms with Gasteiger partial charge in [-0.25, -0.2) is 0 Å². The van der Waals surface area contributed by atoms with Crippen LogP contribution in [0, 0.1) is 5.92 Å². The number of hydrogen-bond acceptors (Lipinski definition) is 1. The third-order valence-corrected chi connectivity index (χ3v) is 4.64. The lowest BCUT2D eigenvalue weighted by Crippen LogP contribution is -2.27. The van der Waals surface area contributed by atoms with Crippen LogP contribution < -0.4 is 5.32 Å². The smallest absolute Gasteiger partial charge is 0.0348 e. The first-order chi connectivity index (χ1) is 9.85. The SMILES string of the molecule is CCCCc1ccc(C(NCCC)C2CCCC2)cc1. The van der Waals surface area contributed by atoms with Crippen molar-refractivity contribution in [2.45, 2.75) is 71.3 Å². The lowest BCUT2D eigenvalue weighted by Gasteiger charge is -2.25. The van der Waals surface area contributed by atoms with Crippen molar-refractivity contribution in [3.05, 3.63) is 35.4 Å². The summed E-state index contributed by atoms with van der Waals surface area (Å²) in [7, 11) is 0. The molecule has 0 aliphatic heterocycles. The minimum Gasteiger partial charge on any atom is -0.310 e. The van der Waals surface area contributed by atoms with E-state index in [2.05, 4.69) is 43.4 Å². The van der Waals surface area contributed by atoms with E-state index in [0.29, 0.717) is 6.04 Å². The highest BCUT2D eigenvalue weighted by Gasteiger charge is 2.25. The predicted octanol–water partition coefficient (Wildman–Crippen LogP) is 5.26. The van der Waals surface area contributed by atoms with Crippen LogP contribution in [0.1, 0.15) is 76.0 Å². The van der Waals surface area contributed by atoms with Gasteiger partial charge in [-0.2, -0.15) is 0 Å². The molecule has 1 N–H and O–H groups in total. The molecule has 1 nitrogen and oxygen atoms in total. The number of rotatable bonds is 8. The normalized spacial score (nSPS) is 17.5. The van der Waals surface area contributed by atoms with Crippen molar-refractivity contribution in [1.29, 1.82) is 0 Å². The fraction of sp³-hybridized carbons (Fsp3) is 0.684. The minimum absolute atomic E-state index is 0.581. The minimum atomic E-state index is 0.581. The first-order valence-electron chi connectivity index (χ1n) is 8.67.